The molecule has 0 atom stereocenters. The Morgan fingerprint density at radius 3 is 2.53 bits per heavy atom. The van der Waals surface area contributed by atoms with Crippen molar-refractivity contribution in [1.29, 1.82) is 0 Å². The first-order chi connectivity index (χ1) is 9.08. The average Bonchev–Trinajstić information content (AvgIpc) is 2.38. The van der Waals surface area contributed by atoms with Crippen LogP contribution in [-0.2, 0) is 11.3 Å². The normalized spacial score (nSPS) is 10.2. The van der Waals surface area contributed by atoms with E-state index in [1.54, 1.807) is 30.3 Å². The zero-order valence-electron chi connectivity index (χ0n) is 9.97. The Balaban J connectivity index is 2.07. The van der Waals surface area contributed by atoms with Crippen LogP contribution in [0.25, 0.3) is 0 Å². The largest absolute Gasteiger partial charge is 0.508 e. The summed E-state index contributed by atoms with van der Waals surface area (Å²) >= 11 is 5.91. The van der Waals surface area contributed by atoms with Gasteiger partial charge >= 0.3 is 5.97 Å². The van der Waals surface area contributed by atoms with E-state index >= 15 is 0 Å². The third kappa shape index (κ3) is 3.17. The quantitative estimate of drug-likeness (QED) is 0.668. The van der Waals surface area contributed by atoms with Crippen LogP contribution in [0.5, 0.6) is 5.75 Å². The van der Waals surface area contributed by atoms with Crippen molar-refractivity contribution in [3.63, 3.8) is 0 Å². The Labute approximate surface area is 115 Å². The SMILES string of the molecule is Nc1cccc(Cl)c1C(=O)OCc1ccc(O)cc1. The molecule has 0 saturated heterocycles. The molecule has 0 aromatic heterocycles. The van der Waals surface area contributed by atoms with E-state index in [4.69, 9.17) is 27.2 Å². The summed E-state index contributed by atoms with van der Waals surface area (Å²) in [4.78, 5) is 11.9. The highest BCUT2D eigenvalue weighted by Crippen LogP contribution is 2.23. The van der Waals surface area contributed by atoms with Gasteiger partial charge in [0, 0.05) is 5.69 Å². The number of halogens is 1. The van der Waals surface area contributed by atoms with Crippen LogP contribution in [0.1, 0.15) is 15.9 Å². The van der Waals surface area contributed by atoms with Crippen LogP contribution in [0, 0.1) is 0 Å². The number of hydrogen-bond donors (Lipinski definition) is 2. The molecule has 2 aromatic carbocycles. The minimum absolute atomic E-state index is 0.0871. The summed E-state index contributed by atoms with van der Waals surface area (Å²) in [6, 6.07) is 11.2. The van der Waals surface area contributed by atoms with Crippen molar-refractivity contribution in [3.8, 4) is 5.75 Å². The first kappa shape index (κ1) is 13.2. The van der Waals surface area contributed by atoms with Gasteiger partial charge in [0.2, 0.25) is 0 Å². The molecule has 0 heterocycles. The summed E-state index contributed by atoms with van der Waals surface area (Å²) in [5.41, 5.74) is 6.90. The molecule has 0 saturated carbocycles. The number of anilines is 1. The molecular formula is C14H12ClNO3. The van der Waals surface area contributed by atoms with Gasteiger partial charge in [0.1, 0.15) is 17.9 Å². The fourth-order valence-electron chi connectivity index (χ4n) is 1.57. The molecule has 2 rings (SSSR count). The van der Waals surface area contributed by atoms with Crippen molar-refractivity contribution in [1.82, 2.24) is 0 Å². The molecule has 0 aliphatic heterocycles. The zero-order valence-corrected chi connectivity index (χ0v) is 10.7. The lowest BCUT2D eigenvalue weighted by Crippen LogP contribution is -2.09. The van der Waals surface area contributed by atoms with Crippen molar-refractivity contribution in [2.75, 3.05) is 5.73 Å². The predicted molar refractivity (Wildman–Crippen MR) is 73.1 cm³/mol. The van der Waals surface area contributed by atoms with Crippen LogP contribution < -0.4 is 5.73 Å². The van der Waals surface area contributed by atoms with Gasteiger partial charge in [-0.1, -0.05) is 29.8 Å². The second-order valence-corrected chi connectivity index (χ2v) is 4.35. The lowest BCUT2D eigenvalue weighted by atomic mass is 10.2. The van der Waals surface area contributed by atoms with Gasteiger partial charge in [-0.3, -0.25) is 0 Å². The van der Waals surface area contributed by atoms with Gasteiger partial charge in [0.15, 0.2) is 0 Å². The van der Waals surface area contributed by atoms with Crippen LogP contribution in [0.4, 0.5) is 5.69 Å². The van der Waals surface area contributed by atoms with Crippen LogP contribution in [0.2, 0.25) is 5.02 Å². The molecule has 2 aromatic rings. The number of rotatable bonds is 3. The molecule has 0 radical (unpaired) electrons. The molecular weight excluding hydrogens is 266 g/mol. The van der Waals surface area contributed by atoms with Gasteiger partial charge in [-0.2, -0.15) is 0 Å². The fraction of sp³-hybridized carbons (Fsp3) is 0.0714. The van der Waals surface area contributed by atoms with Gasteiger partial charge in [-0.05, 0) is 29.8 Å². The van der Waals surface area contributed by atoms with Crippen LogP contribution in [0.3, 0.4) is 0 Å². The Hall–Kier alpha value is -2.20. The summed E-state index contributed by atoms with van der Waals surface area (Å²) in [5.74, 6) is -0.415. The van der Waals surface area contributed by atoms with E-state index in [-0.39, 0.29) is 28.6 Å². The third-order valence-corrected chi connectivity index (χ3v) is 2.87. The smallest absolute Gasteiger partial charge is 0.342 e. The van der Waals surface area contributed by atoms with Gasteiger partial charge in [-0.15, -0.1) is 0 Å². The van der Waals surface area contributed by atoms with Crippen molar-refractivity contribution < 1.29 is 14.6 Å². The highest BCUT2D eigenvalue weighted by Gasteiger charge is 2.15. The van der Waals surface area contributed by atoms with E-state index in [1.165, 1.54) is 12.1 Å². The number of phenols is 1. The number of nitrogens with two attached hydrogens (primary N) is 1. The number of carbonyl (C=O) groups is 1. The first-order valence-corrected chi connectivity index (χ1v) is 5.95. The van der Waals surface area contributed by atoms with Gasteiger partial charge < -0.3 is 15.6 Å². The molecule has 0 fully saturated rings. The lowest BCUT2D eigenvalue weighted by Gasteiger charge is -2.08. The number of hydrogen-bond acceptors (Lipinski definition) is 4. The van der Waals surface area contributed by atoms with Crippen molar-refractivity contribution in [2.24, 2.45) is 0 Å². The molecule has 19 heavy (non-hydrogen) atoms. The maximum absolute atomic E-state index is 11.9. The molecule has 0 unspecified atom stereocenters. The number of aromatic hydroxyl groups is 1. The second-order valence-electron chi connectivity index (χ2n) is 3.95. The van der Waals surface area contributed by atoms with E-state index in [1.807, 2.05) is 0 Å². The Kier molecular flexibility index (Phi) is 3.92. The van der Waals surface area contributed by atoms with Gasteiger partial charge in [-0.25, -0.2) is 4.79 Å². The first-order valence-electron chi connectivity index (χ1n) is 5.57. The maximum Gasteiger partial charge on any atom is 0.342 e. The number of nitrogen functional groups attached to an aromatic ring is 1. The molecule has 5 heteroatoms. The molecule has 0 aliphatic carbocycles. The molecule has 0 bridgehead atoms. The minimum atomic E-state index is -0.573. The summed E-state index contributed by atoms with van der Waals surface area (Å²) < 4.78 is 5.13. The summed E-state index contributed by atoms with van der Waals surface area (Å²) in [7, 11) is 0. The van der Waals surface area contributed by atoms with E-state index in [9.17, 15) is 4.79 Å². The van der Waals surface area contributed by atoms with Crippen LogP contribution >= 0.6 is 11.6 Å². The predicted octanol–water partition coefficient (Wildman–Crippen LogP) is 2.98. The molecule has 0 aliphatic rings. The summed E-state index contributed by atoms with van der Waals surface area (Å²) in [5, 5.41) is 9.40. The minimum Gasteiger partial charge on any atom is -0.508 e. The Morgan fingerprint density at radius 1 is 1.21 bits per heavy atom. The third-order valence-electron chi connectivity index (χ3n) is 2.56. The number of benzene rings is 2. The Morgan fingerprint density at radius 2 is 1.89 bits per heavy atom. The van der Waals surface area contributed by atoms with Crippen molar-refractivity contribution in [3.05, 3.63) is 58.6 Å². The van der Waals surface area contributed by atoms with E-state index in [0.717, 1.165) is 5.56 Å². The standard InChI is InChI=1S/C14H12ClNO3/c15-11-2-1-3-12(16)13(11)14(18)19-8-9-4-6-10(17)7-5-9/h1-7,17H,8,16H2. The topological polar surface area (TPSA) is 72.6 Å². The van der Waals surface area contributed by atoms with Crippen molar-refractivity contribution in [2.45, 2.75) is 6.61 Å². The zero-order chi connectivity index (χ0) is 13.8. The second kappa shape index (κ2) is 5.63. The number of carbonyl (C=O) groups excluding carboxylic acids is 1. The Bertz CT molecular complexity index is 576. The number of esters is 1. The van der Waals surface area contributed by atoms with E-state index in [2.05, 4.69) is 0 Å². The average molecular weight is 278 g/mol. The maximum atomic E-state index is 11.9. The molecule has 4 nitrogen and oxygen atoms in total. The van der Waals surface area contributed by atoms with Crippen LogP contribution in [0.15, 0.2) is 42.5 Å². The highest BCUT2D eigenvalue weighted by atomic mass is 35.5. The molecule has 0 amide bonds. The number of ether oxygens (including phenoxy) is 1. The summed E-state index contributed by atoms with van der Waals surface area (Å²) in [6.07, 6.45) is 0. The van der Waals surface area contributed by atoms with E-state index in [0.29, 0.717) is 0 Å². The van der Waals surface area contributed by atoms with E-state index < -0.39 is 5.97 Å². The molecule has 0 spiro atoms. The summed E-state index contributed by atoms with van der Waals surface area (Å²) in [6.45, 7) is 0.0871. The fourth-order valence-corrected chi connectivity index (χ4v) is 1.83. The number of phenolic OH excluding ortho intramolecular Hbond substituents is 1. The van der Waals surface area contributed by atoms with Crippen molar-refractivity contribution >= 4 is 23.3 Å². The monoisotopic (exact) mass is 277 g/mol. The van der Waals surface area contributed by atoms with Crippen LogP contribution in [-0.4, -0.2) is 11.1 Å². The van der Waals surface area contributed by atoms with Gasteiger partial charge in [0.25, 0.3) is 0 Å². The van der Waals surface area contributed by atoms with Gasteiger partial charge in [0.05, 0.1) is 5.02 Å². The molecule has 3 N–H and O–H groups in total. The molecule has 98 valence electrons. The lowest BCUT2D eigenvalue weighted by molar-refractivity contribution is 0.0474. The highest BCUT2D eigenvalue weighted by molar-refractivity contribution is 6.34.